The Hall–Kier alpha value is -1.70. The van der Waals surface area contributed by atoms with E-state index in [0.29, 0.717) is 18.7 Å². The Morgan fingerprint density at radius 1 is 1.50 bits per heavy atom. The van der Waals surface area contributed by atoms with Crippen molar-refractivity contribution in [1.29, 1.82) is 0 Å². The molecule has 1 saturated heterocycles. The van der Waals surface area contributed by atoms with Gasteiger partial charge in [0.05, 0.1) is 12.6 Å². The number of likely N-dealkylation sites (tertiary alicyclic amines) is 1. The van der Waals surface area contributed by atoms with Crippen molar-refractivity contribution < 1.29 is 22.4 Å². The molecule has 1 aromatic rings. The summed E-state index contributed by atoms with van der Waals surface area (Å²) >= 11 is 0. The molecule has 22 heavy (non-hydrogen) atoms. The molecule has 8 heteroatoms. The van der Waals surface area contributed by atoms with E-state index in [0.717, 1.165) is 5.76 Å². The summed E-state index contributed by atoms with van der Waals surface area (Å²) < 4.78 is 42.3. The molecule has 0 radical (unpaired) electrons. The molecule has 2 N–H and O–H groups in total. The summed E-state index contributed by atoms with van der Waals surface area (Å²) in [5.41, 5.74) is 0. The molecule has 124 valence electrons. The summed E-state index contributed by atoms with van der Waals surface area (Å²) in [6.07, 6.45) is -3.69. The van der Waals surface area contributed by atoms with Gasteiger partial charge in [0, 0.05) is 19.1 Å². The number of aryl methyl sites for hydroxylation is 1. The first kappa shape index (κ1) is 16.7. The van der Waals surface area contributed by atoms with Gasteiger partial charge in [-0.2, -0.15) is 13.2 Å². The first-order valence-electron chi connectivity index (χ1n) is 7.15. The van der Waals surface area contributed by atoms with Gasteiger partial charge in [-0.05, 0) is 32.4 Å². The molecule has 1 aromatic heterocycles. The van der Waals surface area contributed by atoms with E-state index in [1.165, 1.54) is 4.90 Å². The van der Waals surface area contributed by atoms with Gasteiger partial charge in [-0.3, -0.25) is 4.90 Å². The molecule has 2 rings (SSSR count). The van der Waals surface area contributed by atoms with Crippen molar-refractivity contribution in [2.45, 2.75) is 38.5 Å². The van der Waals surface area contributed by atoms with Crippen LogP contribution in [0.5, 0.6) is 0 Å². The molecule has 0 aromatic carbocycles. The SMILES string of the molecule is Cc1ccc(C(C)NC(=O)NC2CCN(CC(F)(F)F)C2)o1. The quantitative estimate of drug-likeness (QED) is 0.897. The zero-order chi connectivity index (χ0) is 16.3. The van der Waals surface area contributed by atoms with Crippen LogP contribution >= 0.6 is 0 Å². The molecule has 0 spiro atoms. The van der Waals surface area contributed by atoms with Crippen molar-refractivity contribution >= 4 is 6.03 Å². The lowest BCUT2D eigenvalue weighted by Crippen LogP contribution is -2.44. The average Bonchev–Trinajstić information content (AvgIpc) is 2.96. The van der Waals surface area contributed by atoms with Crippen molar-refractivity contribution in [1.82, 2.24) is 15.5 Å². The van der Waals surface area contributed by atoms with E-state index in [2.05, 4.69) is 10.6 Å². The molecule has 5 nitrogen and oxygen atoms in total. The lowest BCUT2D eigenvalue weighted by Gasteiger charge is -2.19. The number of nitrogens with one attached hydrogen (secondary N) is 2. The van der Waals surface area contributed by atoms with Crippen molar-refractivity contribution in [2.24, 2.45) is 0 Å². The number of halogens is 3. The molecule has 2 heterocycles. The van der Waals surface area contributed by atoms with E-state index in [1.54, 1.807) is 19.1 Å². The smallest absolute Gasteiger partial charge is 0.401 e. The van der Waals surface area contributed by atoms with Gasteiger partial charge in [0.1, 0.15) is 11.5 Å². The highest BCUT2D eigenvalue weighted by molar-refractivity contribution is 5.74. The van der Waals surface area contributed by atoms with E-state index >= 15 is 0 Å². The van der Waals surface area contributed by atoms with Gasteiger partial charge < -0.3 is 15.1 Å². The number of alkyl halides is 3. The van der Waals surface area contributed by atoms with Crippen LogP contribution in [0.1, 0.15) is 30.9 Å². The van der Waals surface area contributed by atoms with Crippen molar-refractivity contribution in [3.05, 3.63) is 23.7 Å². The fraction of sp³-hybridized carbons (Fsp3) is 0.643. The van der Waals surface area contributed by atoms with Crippen LogP contribution in [0.25, 0.3) is 0 Å². The Kier molecular flexibility index (Phi) is 5.00. The maximum atomic E-state index is 12.3. The van der Waals surface area contributed by atoms with Crippen LogP contribution in [0, 0.1) is 6.92 Å². The van der Waals surface area contributed by atoms with Gasteiger partial charge in [-0.1, -0.05) is 0 Å². The third kappa shape index (κ3) is 4.94. The van der Waals surface area contributed by atoms with Gasteiger partial charge in [0.2, 0.25) is 0 Å². The highest BCUT2D eigenvalue weighted by Crippen LogP contribution is 2.20. The Bertz CT molecular complexity index is 516. The fourth-order valence-electron chi connectivity index (χ4n) is 2.53. The van der Waals surface area contributed by atoms with Crippen LogP contribution in [0.15, 0.2) is 16.5 Å². The predicted octanol–water partition coefficient (Wildman–Crippen LogP) is 2.58. The Labute approximate surface area is 126 Å². The minimum atomic E-state index is -4.21. The first-order chi connectivity index (χ1) is 10.2. The van der Waals surface area contributed by atoms with E-state index < -0.39 is 18.8 Å². The summed E-state index contributed by atoms with van der Waals surface area (Å²) in [6.45, 7) is 3.19. The second kappa shape index (κ2) is 6.60. The molecular weight excluding hydrogens is 299 g/mol. The van der Waals surface area contributed by atoms with Crippen LogP contribution in [-0.2, 0) is 0 Å². The molecule has 2 atom stereocenters. The summed E-state index contributed by atoms with van der Waals surface area (Å²) in [5.74, 6) is 1.39. The molecule has 1 aliphatic rings. The lowest BCUT2D eigenvalue weighted by molar-refractivity contribution is -0.143. The van der Waals surface area contributed by atoms with Gasteiger partial charge in [-0.15, -0.1) is 0 Å². The van der Waals surface area contributed by atoms with E-state index in [-0.39, 0.29) is 18.6 Å². The summed E-state index contributed by atoms with van der Waals surface area (Å²) in [5, 5.41) is 5.42. The molecule has 1 fully saturated rings. The topological polar surface area (TPSA) is 57.5 Å². The molecule has 0 saturated carbocycles. The second-order valence-corrected chi connectivity index (χ2v) is 5.62. The minimum absolute atomic E-state index is 0.209. The van der Waals surface area contributed by atoms with Crippen molar-refractivity contribution in [2.75, 3.05) is 19.6 Å². The highest BCUT2D eigenvalue weighted by Gasteiger charge is 2.34. The highest BCUT2D eigenvalue weighted by atomic mass is 19.4. The molecule has 1 aliphatic heterocycles. The molecule has 0 bridgehead atoms. The molecule has 2 amide bonds. The van der Waals surface area contributed by atoms with Crippen LogP contribution in [0.4, 0.5) is 18.0 Å². The number of urea groups is 1. The normalized spacial score (nSPS) is 20.9. The van der Waals surface area contributed by atoms with Crippen molar-refractivity contribution in [3.8, 4) is 0 Å². The standard InChI is InChI=1S/C14H20F3N3O2/c1-9-3-4-12(22-9)10(2)18-13(21)19-11-5-6-20(7-11)8-14(15,16)17/h3-4,10-11H,5-8H2,1-2H3,(H2,18,19,21). The van der Waals surface area contributed by atoms with Crippen LogP contribution in [-0.4, -0.2) is 42.8 Å². The summed E-state index contributed by atoms with van der Waals surface area (Å²) in [7, 11) is 0. The Morgan fingerprint density at radius 2 is 2.23 bits per heavy atom. The minimum Gasteiger partial charge on any atom is -0.464 e. The third-order valence-corrected chi connectivity index (χ3v) is 3.55. The fourth-order valence-corrected chi connectivity index (χ4v) is 2.53. The van der Waals surface area contributed by atoms with Gasteiger partial charge in [0.25, 0.3) is 0 Å². The molecular formula is C14H20F3N3O2. The monoisotopic (exact) mass is 319 g/mol. The molecule has 2 unspecified atom stereocenters. The second-order valence-electron chi connectivity index (χ2n) is 5.62. The van der Waals surface area contributed by atoms with Gasteiger partial charge in [0.15, 0.2) is 0 Å². The zero-order valence-corrected chi connectivity index (χ0v) is 12.5. The lowest BCUT2D eigenvalue weighted by atomic mass is 10.2. The van der Waals surface area contributed by atoms with Crippen LogP contribution in [0.3, 0.4) is 0 Å². The predicted molar refractivity (Wildman–Crippen MR) is 74.4 cm³/mol. The maximum absolute atomic E-state index is 12.3. The Morgan fingerprint density at radius 3 is 2.82 bits per heavy atom. The number of hydrogen-bond donors (Lipinski definition) is 2. The van der Waals surface area contributed by atoms with Gasteiger partial charge in [-0.25, -0.2) is 4.79 Å². The van der Waals surface area contributed by atoms with Crippen LogP contribution < -0.4 is 10.6 Å². The third-order valence-electron chi connectivity index (χ3n) is 3.55. The maximum Gasteiger partial charge on any atom is 0.401 e. The number of carbonyl (C=O) groups is 1. The summed E-state index contributed by atoms with van der Waals surface area (Å²) in [4.78, 5) is 13.2. The van der Waals surface area contributed by atoms with Crippen LogP contribution in [0.2, 0.25) is 0 Å². The number of amides is 2. The number of carbonyl (C=O) groups excluding carboxylic acids is 1. The molecule has 0 aliphatic carbocycles. The first-order valence-corrected chi connectivity index (χ1v) is 7.15. The Balaban J connectivity index is 1.76. The number of nitrogens with zero attached hydrogens (tertiary/aromatic N) is 1. The number of furan rings is 1. The van der Waals surface area contributed by atoms with Gasteiger partial charge >= 0.3 is 12.2 Å². The van der Waals surface area contributed by atoms with E-state index in [4.69, 9.17) is 4.42 Å². The number of hydrogen-bond acceptors (Lipinski definition) is 3. The van der Waals surface area contributed by atoms with E-state index in [9.17, 15) is 18.0 Å². The summed E-state index contributed by atoms with van der Waals surface area (Å²) in [6, 6.07) is 2.60. The zero-order valence-electron chi connectivity index (χ0n) is 12.5. The number of rotatable bonds is 4. The largest absolute Gasteiger partial charge is 0.464 e. The van der Waals surface area contributed by atoms with E-state index in [1.807, 2.05) is 6.92 Å². The van der Waals surface area contributed by atoms with Crippen molar-refractivity contribution in [3.63, 3.8) is 0 Å². The average molecular weight is 319 g/mol.